The van der Waals surface area contributed by atoms with E-state index >= 15 is 0 Å². The van der Waals surface area contributed by atoms with E-state index in [9.17, 15) is 4.79 Å². The molecule has 230 valence electrons. The number of nitrogens with zero attached hydrogens (tertiary/aromatic N) is 2. The molecule has 1 atom stereocenters. The van der Waals surface area contributed by atoms with Crippen LogP contribution in [-0.2, 0) is 13.0 Å². The standard InChI is InChI=1S/C35H45N3O5/c1-6-25(2)26-16-18-28(19-17-26)43-22-12-21-38-30-14-10-9-13-29(30)37-33(38)15-8-7-11-20-36-35(39)27-23-31(40-3)34(42-5)32(24-27)41-4/h9-10,13-14,16-19,23-25H,6-8,11-12,15,20-22H2,1-5H3,(H,36,39). The van der Waals surface area contributed by atoms with Crippen molar-refractivity contribution in [1.82, 2.24) is 14.9 Å². The molecule has 0 bridgehead atoms. The van der Waals surface area contributed by atoms with Crippen LogP contribution in [-0.4, -0.2) is 49.9 Å². The van der Waals surface area contributed by atoms with Crippen molar-refractivity contribution in [1.29, 1.82) is 0 Å². The normalized spacial score (nSPS) is 11.7. The number of nitrogens with one attached hydrogen (secondary N) is 1. The lowest BCUT2D eigenvalue weighted by molar-refractivity contribution is 0.0952. The van der Waals surface area contributed by atoms with E-state index in [1.165, 1.54) is 26.9 Å². The Kier molecular flexibility index (Phi) is 11.7. The molecular formula is C35H45N3O5. The largest absolute Gasteiger partial charge is 0.494 e. The summed E-state index contributed by atoms with van der Waals surface area (Å²) in [4.78, 5) is 17.7. The summed E-state index contributed by atoms with van der Waals surface area (Å²) in [7, 11) is 4.61. The van der Waals surface area contributed by atoms with Crippen molar-refractivity contribution in [2.24, 2.45) is 0 Å². The number of aromatic nitrogens is 2. The Labute approximate surface area is 255 Å². The van der Waals surface area contributed by atoms with Gasteiger partial charge in [-0.2, -0.15) is 0 Å². The van der Waals surface area contributed by atoms with Crippen LogP contribution in [0.25, 0.3) is 11.0 Å². The Hall–Kier alpha value is -4.20. The molecule has 0 fully saturated rings. The molecule has 4 aromatic rings. The summed E-state index contributed by atoms with van der Waals surface area (Å²) in [5.74, 6) is 3.78. The SMILES string of the molecule is CCC(C)c1ccc(OCCCn2c(CCCCCNC(=O)c3cc(OC)c(OC)c(OC)c3)nc3ccccc32)cc1. The minimum Gasteiger partial charge on any atom is -0.494 e. The molecule has 8 nitrogen and oxygen atoms in total. The zero-order chi connectivity index (χ0) is 30.6. The predicted octanol–water partition coefficient (Wildman–Crippen LogP) is 7.19. The molecule has 0 saturated heterocycles. The Morgan fingerprint density at radius 1 is 0.907 bits per heavy atom. The van der Waals surface area contributed by atoms with Crippen LogP contribution < -0.4 is 24.3 Å². The van der Waals surface area contributed by atoms with Crippen LogP contribution in [0.2, 0.25) is 0 Å². The van der Waals surface area contributed by atoms with E-state index in [0.29, 0.717) is 41.9 Å². The topological polar surface area (TPSA) is 83.8 Å². The second-order valence-corrected chi connectivity index (χ2v) is 10.7. The minimum absolute atomic E-state index is 0.172. The lowest BCUT2D eigenvalue weighted by Gasteiger charge is -2.14. The second-order valence-electron chi connectivity index (χ2n) is 10.7. The number of methoxy groups -OCH3 is 3. The summed E-state index contributed by atoms with van der Waals surface area (Å²) in [6.45, 7) is 6.55. The number of ether oxygens (including phenoxy) is 4. The van der Waals surface area contributed by atoms with E-state index in [-0.39, 0.29) is 5.91 Å². The third-order valence-electron chi connectivity index (χ3n) is 7.88. The molecule has 1 aromatic heterocycles. The number of aryl methyl sites for hydroxylation is 2. The number of unbranched alkanes of at least 4 members (excludes halogenated alkanes) is 2. The van der Waals surface area contributed by atoms with Crippen molar-refractivity contribution in [3.8, 4) is 23.0 Å². The highest BCUT2D eigenvalue weighted by Crippen LogP contribution is 2.38. The Morgan fingerprint density at radius 3 is 2.30 bits per heavy atom. The van der Waals surface area contributed by atoms with Crippen LogP contribution in [0.15, 0.2) is 60.7 Å². The zero-order valence-electron chi connectivity index (χ0n) is 26.2. The average Bonchev–Trinajstić information content (AvgIpc) is 3.40. The number of carbonyl (C=O) groups excluding carboxylic acids is 1. The fraction of sp³-hybridized carbons (Fsp3) is 0.429. The number of amides is 1. The molecule has 3 aromatic carbocycles. The molecule has 4 rings (SSSR count). The van der Waals surface area contributed by atoms with E-state index in [4.69, 9.17) is 23.9 Å². The molecule has 43 heavy (non-hydrogen) atoms. The molecule has 1 heterocycles. The van der Waals surface area contributed by atoms with Gasteiger partial charge in [-0.25, -0.2) is 4.98 Å². The number of hydrogen-bond acceptors (Lipinski definition) is 6. The summed E-state index contributed by atoms with van der Waals surface area (Å²) >= 11 is 0. The molecule has 1 amide bonds. The van der Waals surface area contributed by atoms with Gasteiger partial charge in [0.05, 0.1) is 39.0 Å². The number of rotatable bonds is 17. The van der Waals surface area contributed by atoms with E-state index in [0.717, 1.165) is 67.7 Å². The Bertz CT molecular complexity index is 1440. The fourth-order valence-electron chi connectivity index (χ4n) is 5.21. The lowest BCUT2D eigenvalue weighted by Crippen LogP contribution is -2.24. The molecule has 1 N–H and O–H groups in total. The third kappa shape index (κ3) is 8.21. The van der Waals surface area contributed by atoms with E-state index in [1.54, 1.807) is 12.1 Å². The van der Waals surface area contributed by atoms with E-state index < -0.39 is 0 Å². The van der Waals surface area contributed by atoms with Crippen molar-refractivity contribution in [3.05, 3.63) is 77.6 Å². The quantitative estimate of drug-likeness (QED) is 0.132. The van der Waals surface area contributed by atoms with Crippen LogP contribution in [0.4, 0.5) is 0 Å². The first-order chi connectivity index (χ1) is 21.0. The number of fused-ring (bicyclic) bond motifs is 1. The molecule has 8 heteroatoms. The Morgan fingerprint density at radius 2 is 1.63 bits per heavy atom. The zero-order valence-corrected chi connectivity index (χ0v) is 26.2. The average molecular weight is 588 g/mol. The maximum atomic E-state index is 12.8. The maximum absolute atomic E-state index is 12.8. The molecule has 1 unspecified atom stereocenters. The van der Waals surface area contributed by atoms with Crippen molar-refractivity contribution >= 4 is 16.9 Å². The highest BCUT2D eigenvalue weighted by Gasteiger charge is 2.17. The molecular weight excluding hydrogens is 542 g/mol. The van der Waals surface area contributed by atoms with Crippen LogP contribution >= 0.6 is 0 Å². The molecule has 0 radical (unpaired) electrons. The van der Waals surface area contributed by atoms with E-state index in [1.807, 2.05) is 6.07 Å². The predicted molar refractivity (Wildman–Crippen MR) is 171 cm³/mol. The Balaban J connectivity index is 1.25. The summed E-state index contributed by atoms with van der Waals surface area (Å²) in [6.07, 6.45) is 5.76. The molecule has 0 aliphatic rings. The molecule has 0 aliphatic heterocycles. The van der Waals surface area contributed by atoms with Gasteiger partial charge in [0.1, 0.15) is 11.6 Å². The number of benzene rings is 3. The number of hydrogen-bond donors (Lipinski definition) is 1. The molecule has 0 saturated carbocycles. The first-order valence-corrected chi connectivity index (χ1v) is 15.2. The van der Waals surface area contributed by atoms with Crippen LogP contribution in [0.5, 0.6) is 23.0 Å². The first-order valence-electron chi connectivity index (χ1n) is 15.2. The number of imidazole rings is 1. The monoisotopic (exact) mass is 587 g/mol. The lowest BCUT2D eigenvalue weighted by atomic mass is 9.99. The van der Waals surface area contributed by atoms with Crippen molar-refractivity contribution in [2.75, 3.05) is 34.5 Å². The number of para-hydroxylation sites is 2. The maximum Gasteiger partial charge on any atom is 0.251 e. The highest BCUT2D eigenvalue weighted by molar-refractivity contribution is 5.95. The van der Waals surface area contributed by atoms with Crippen LogP contribution in [0.3, 0.4) is 0 Å². The third-order valence-corrected chi connectivity index (χ3v) is 7.88. The van der Waals surface area contributed by atoms with Crippen LogP contribution in [0.1, 0.15) is 73.6 Å². The van der Waals surface area contributed by atoms with Gasteiger partial charge >= 0.3 is 0 Å². The van der Waals surface area contributed by atoms with Gasteiger partial charge in [-0.05, 0) is 73.6 Å². The summed E-state index contributed by atoms with van der Waals surface area (Å²) in [5, 5.41) is 3.00. The number of carbonyl (C=O) groups is 1. The van der Waals surface area contributed by atoms with Gasteiger partial charge in [0.25, 0.3) is 5.91 Å². The molecule has 0 aliphatic carbocycles. The van der Waals surface area contributed by atoms with Gasteiger partial charge in [-0.15, -0.1) is 0 Å². The summed E-state index contributed by atoms with van der Waals surface area (Å²) in [5.41, 5.74) is 4.00. The first kappa shape index (κ1) is 31.7. The van der Waals surface area contributed by atoms with Crippen molar-refractivity contribution in [3.63, 3.8) is 0 Å². The van der Waals surface area contributed by atoms with Gasteiger partial charge in [0, 0.05) is 25.1 Å². The minimum atomic E-state index is -0.172. The highest BCUT2D eigenvalue weighted by atomic mass is 16.5. The summed E-state index contributed by atoms with van der Waals surface area (Å²) in [6, 6.07) is 20.1. The summed E-state index contributed by atoms with van der Waals surface area (Å²) < 4.78 is 24.5. The van der Waals surface area contributed by atoms with Crippen LogP contribution in [0, 0.1) is 0 Å². The molecule has 0 spiro atoms. The van der Waals surface area contributed by atoms with E-state index in [2.05, 4.69) is 66.2 Å². The van der Waals surface area contributed by atoms with Gasteiger partial charge in [0.2, 0.25) is 5.75 Å². The van der Waals surface area contributed by atoms with Gasteiger partial charge in [-0.1, -0.05) is 44.5 Å². The smallest absolute Gasteiger partial charge is 0.251 e. The van der Waals surface area contributed by atoms with Crippen molar-refractivity contribution < 1.29 is 23.7 Å². The van der Waals surface area contributed by atoms with Gasteiger partial charge < -0.3 is 28.8 Å². The van der Waals surface area contributed by atoms with Gasteiger partial charge in [0.15, 0.2) is 11.5 Å². The van der Waals surface area contributed by atoms with Crippen molar-refractivity contribution in [2.45, 2.75) is 64.8 Å². The second kappa shape index (κ2) is 15.9. The fourth-order valence-corrected chi connectivity index (χ4v) is 5.21. The van der Waals surface area contributed by atoms with Gasteiger partial charge in [-0.3, -0.25) is 4.79 Å².